The van der Waals surface area contributed by atoms with E-state index in [1.165, 1.54) is 18.5 Å². The van der Waals surface area contributed by atoms with E-state index in [4.69, 9.17) is 5.73 Å². The number of aliphatic imine (C=N–C) groups is 1. The molecule has 1 aromatic rings. The van der Waals surface area contributed by atoms with Crippen LogP contribution in [0.25, 0.3) is 0 Å². The zero-order valence-electron chi connectivity index (χ0n) is 11.5. The van der Waals surface area contributed by atoms with Crippen LogP contribution < -0.4 is 11.1 Å². The molecule has 0 radical (unpaired) electrons. The van der Waals surface area contributed by atoms with Crippen LogP contribution in [0.15, 0.2) is 23.3 Å². The van der Waals surface area contributed by atoms with Crippen LogP contribution in [0.4, 0.5) is 5.69 Å². The van der Waals surface area contributed by atoms with E-state index in [0.717, 1.165) is 37.5 Å². The van der Waals surface area contributed by atoms with Crippen molar-refractivity contribution in [1.82, 2.24) is 10.3 Å². The van der Waals surface area contributed by atoms with Crippen molar-refractivity contribution < 1.29 is 0 Å². The fourth-order valence-corrected chi connectivity index (χ4v) is 2.59. The van der Waals surface area contributed by atoms with Gasteiger partial charge in [0.25, 0.3) is 0 Å². The SMILES string of the molecule is CC1(C(N)=Nc2ccc(C3CC3)nc2)CCNCC1. The number of amidine groups is 1. The van der Waals surface area contributed by atoms with E-state index in [-0.39, 0.29) is 5.41 Å². The number of rotatable bonds is 3. The number of pyridine rings is 1. The highest BCUT2D eigenvalue weighted by molar-refractivity contribution is 5.88. The normalized spacial score (nSPS) is 23.3. The number of hydrogen-bond donors (Lipinski definition) is 2. The van der Waals surface area contributed by atoms with Gasteiger partial charge in [0.1, 0.15) is 5.84 Å². The maximum atomic E-state index is 6.22. The molecule has 1 aliphatic carbocycles. The number of hydrogen-bond acceptors (Lipinski definition) is 3. The van der Waals surface area contributed by atoms with Crippen LogP contribution >= 0.6 is 0 Å². The predicted octanol–water partition coefficient (Wildman–Crippen LogP) is 2.34. The van der Waals surface area contributed by atoms with E-state index in [1.54, 1.807) is 0 Å². The molecule has 4 nitrogen and oxygen atoms in total. The van der Waals surface area contributed by atoms with E-state index in [1.807, 2.05) is 12.3 Å². The summed E-state index contributed by atoms with van der Waals surface area (Å²) in [6.07, 6.45) is 6.52. The lowest BCUT2D eigenvalue weighted by Crippen LogP contribution is -2.43. The van der Waals surface area contributed by atoms with E-state index < -0.39 is 0 Å². The quantitative estimate of drug-likeness (QED) is 0.646. The monoisotopic (exact) mass is 258 g/mol. The first-order valence-corrected chi connectivity index (χ1v) is 7.19. The highest BCUT2D eigenvalue weighted by atomic mass is 14.9. The molecule has 3 rings (SSSR count). The summed E-state index contributed by atoms with van der Waals surface area (Å²) in [6, 6.07) is 4.13. The third-order valence-corrected chi connectivity index (χ3v) is 4.34. The third-order valence-electron chi connectivity index (χ3n) is 4.34. The van der Waals surface area contributed by atoms with Gasteiger partial charge in [0.05, 0.1) is 11.9 Å². The number of nitrogens with zero attached hydrogens (tertiary/aromatic N) is 2. The van der Waals surface area contributed by atoms with Crippen molar-refractivity contribution >= 4 is 11.5 Å². The summed E-state index contributed by atoms with van der Waals surface area (Å²) in [7, 11) is 0. The van der Waals surface area contributed by atoms with Crippen LogP contribution in [0, 0.1) is 5.41 Å². The molecule has 1 saturated carbocycles. The van der Waals surface area contributed by atoms with Crippen LogP contribution in [-0.4, -0.2) is 23.9 Å². The minimum absolute atomic E-state index is 0.0282. The van der Waals surface area contributed by atoms with Gasteiger partial charge in [-0.3, -0.25) is 4.98 Å². The van der Waals surface area contributed by atoms with Crippen molar-refractivity contribution in [3.63, 3.8) is 0 Å². The molecule has 0 spiro atoms. The van der Waals surface area contributed by atoms with E-state index in [9.17, 15) is 0 Å². The molecule has 0 unspecified atom stereocenters. The van der Waals surface area contributed by atoms with Gasteiger partial charge >= 0.3 is 0 Å². The summed E-state index contributed by atoms with van der Waals surface area (Å²) in [5.74, 6) is 1.44. The number of nitrogens with one attached hydrogen (secondary N) is 1. The van der Waals surface area contributed by atoms with Gasteiger partial charge in [-0.1, -0.05) is 6.92 Å². The lowest BCUT2D eigenvalue weighted by Gasteiger charge is -2.33. The predicted molar refractivity (Wildman–Crippen MR) is 77.7 cm³/mol. The topological polar surface area (TPSA) is 63.3 Å². The number of piperidine rings is 1. The smallest absolute Gasteiger partial charge is 0.106 e. The average molecular weight is 258 g/mol. The molecule has 0 bridgehead atoms. The Balaban J connectivity index is 1.75. The first kappa shape index (κ1) is 12.6. The van der Waals surface area contributed by atoms with Crippen molar-refractivity contribution in [2.24, 2.45) is 16.1 Å². The van der Waals surface area contributed by atoms with Crippen LogP contribution in [0.1, 0.15) is 44.2 Å². The van der Waals surface area contributed by atoms with Gasteiger partial charge in [0.2, 0.25) is 0 Å². The molecule has 1 aliphatic heterocycles. The second kappa shape index (κ2) is 4.93. The van der Waals surface area contributed by atoms with Gasteiger partial charge in [-0.25, -0.2) is 4.99 Å². The van der Waals surface area contributed by atoms with Gasteiger partial charge in [0.15, 0.2) is 0 Å². The molecule has 2 aliphatic rings. The number of nitrogens with two attached hydrogens (primary N) is 1. The minimum atomic E-state index is 0.0282. The van der Waals surface area contributed by atoms with Crippen LogP contribution in [0.5, 0.6) is 0 Å². The van der Waals surface area contributed by atoms with Crippen molar-refractivity contribution in [2.45, 2.75) is 38.5 Å². The first-order chi connectivity index (χ1) is 9.17. The molecule has 4 heteroatoms. The zero-order chi connectivity index (χ0) is 13.3. The van der Waals surface area contributed by atoms with E-state index in [0.29, 0.717) is 5.92 Å². The minimum Gasteiger partial charge on any atom is -0.387 e. The van der Waals surface area contributed by atoms with Gasteiger partial charge < -0.3 is 11.1 Å². The molecular formula is C15H22N4. The van der Waals surface area contributed by atoms with Crippen LogP contribution in [-0.2, 0) is 0 Å². The summed E-state index contributed by atoms with van der Waals surface area (Å²) in [4.78, 5) is 9.07. The Hall–Kier alpha value is -1.42. The molecule has 2 heterocycles. The van der Waals surface area contributed by atoms with Crippen molar-refractivity contribution in [2.75, 3.05) is 13.1 Å². The molecule has 0 aromatic carbocycles. The first-order valence-electron chi connectivity index (χ1n) is 7.19. The van der Waals surface area contributed by atoms with Gasteiger partial charge in [0, 0.05) is 17.0 Å². The van der Waals surface area contributed by atoms with Crippen molar-refractivity contribution in [3.05, 3.63) is 24.0 Å². The Kier molecular flexibility index (Phi) is 3.27. The second-order valence-electron chi connectivity index (χ2n) is 6.02. The number of aromatic nitrogens is 1. The zero-order valence-corrected chi connectivity index (χ0v) is 11.5. The van der Waals surface area contributed by atoms with E-state index >= 15 is 0 Å². The highest BCUT2D eigenvalue weighted by Gasteiger charge is 2.30. The molecule has 19 heavy (non-hydrogen) atoms. The molecule has 1 saturated heterocycles. The van der Waals surface area contributed by atoms with Crippen molar-refractivity contribution in [3.8, 4) is 0 Å². The van der Waals surface area contributed by atoms with Gasteiger partial charge in [-0.2, -0.15) is 0 Å². The lowest BCUT2D eigenvalue weighted by molar-refractivity contribution is 0.326. The highest BCUT2D eigenvalue weighted by Crippen LogP contribution is 2.39. The fourth-order valence-electron chi connectivity index (χ4n) is 2.59. The Morgan fingerprint density at radius 1 is 1.37 bits per heavy atom. The fraction of sp³-hybridized carbons (Fsp3) is 0.600. The van der Waals surface area contributed by atoms with Crippen LogP contribution in [0.2, 0.25) is 0 Å². The summed E-state index contributed by atoms with van der Waals surface area (Å²) in [5.41, 5.74) is 8.32. The second-order valence-corrected chi connectivity index (χ2v) is 6.02. The maximum absolute atomic E-state index is 6.22. The molecule has 2 fully saturated rings. The molecular weight excluding hydrogens is 236 g/mol. The molecule has 0 atom stereocenters. The van der Waals surface area contributed by atoms with E-state index in [2.05, 4.69) is 28.3 Å². The summed E-state index contributed by atoms with van der Waals surface area (Å²) < 4.78 is 0. The maximum Gasteiger partial charge on any atom is 0.106 e. The lowest BCUT2D eigenvalue weighted by atomic mass is 9.80. The summed E-state index contributed by atoms with van der Waals surface area (Å²) >= 11 is 0. The Bertz CT molecular complexity index is 467. The van der Waals surface area contributed by atoms with Gasteiger partial charge in [-0.05, 0) is 50.9 Å². The molecule has 102 valence electrons. The Morgan fingerprint density at radius 2 is 2.11 bits per heavy atom. The Labute approximate surface area is 114 Å². The van der Waals surface area contributed by atoms with Crippen molar-refractivity contribution in [1.29, 1.82) is 0 Å². The molecule has 3 N–H and O–H groups in total. The standard InChI is InChI=1S/C15H22N4/c1-15(6-8-17-9-7-15)14(16)19-12-4-5-13(18-10-12)11-2-3-11/h4-5,10-11,17H,2-3,6-9H2,1H3,(H2,16,19). The largest absolute Gasteiger partial charge is 0.387 e. The molecule has 0 amide bonds. The molecule has 1 aromatic heterocycles. The third kappa shape index (κ3) is 2.78. The van der Waals surface area contributed by atoms with Gasteiger partial charge in [-0.15, -0.1) is 0 Å². The Morgan fingerprint density at radius 3 is 2.68 bits per heavy atom. The summed E-state index contributed by atoms with van der Waals surface area (Å²) in [5, 5.41) is 3.36. The van der Waals surface area contributed by atoms with Crippen LogP contribution in [0.3, 0.4) is 0 Å². The summed E-state index contributed by atoms with van der Waals surface area (Å²) in [6.45, 7) is 4.25. The average Bonchev–Trinajstić information content (AvgIpc) is 3.25.